The fourth-order valence-electron chi connectivity index (χ4n) is 1.54. The van der Waals surface area contributed by atoms with E-state index in [-0.39, 0.29) is 0 Å². The first kappa shape index (κ1) is 13.6. The first-order valence-corrected chi connectivity index (χ1v) is 8.39. The van der Waals surface area contributed by atoms with Crippen LogP contribution in [0.5, 0.6) is 0 Å². The second-order valence-electron chi connectivity index (χ2n) is 3.54. The van der Waals surface area contributed by atoms with E-state index in [4.69, 9.17) is 0 Å². The quantitative estimate of drug-likeness (QED) is 0.509. The third kappa shape index (κ3) is 4.92. The third-order valence-electron chi connectivity index (χ3n) is 2.43. The summed E-state index contributed by atoms with van der Waals surface area (Å²) in [5.74, 6) is 1.92. The van der Waals surface area contributed by atoms with E-state index >= 15 is 0 Å². The maximum Gasteiger partial charge on any atom is 0.0175 e. The smallest absolute Gasteiger partial charge is 0.0175 e. The molecule has 1 unspecified atom stereocenters. The number of hydrogen-bond donors (Lipinski definition) is 0. The lowest BCUT2D eigenvalue weighted by molar-refractivity contribution is 0.681. The lowest BCUT2D eigenvalue weighted by Crippen LogP contribution is -2.00. The van der Waals surface area contributed by atoms with Gasteiger partial charge < -0.3 is 0 Å². The van der Waals surface area contributed by atoms with Crippen LogP contribution in [0.2, 0.25) is 0 Å². The highest BCUT2D eigenvalue weighted by molar-refractivity contribution is 9.10. The van der Waals surface area contributed by atoms with Gasteiger partial charge in [-0.1, -0.05) is 44.0 Å². The molecule has 84 valence electrons. The maximum atomic E-state index is 3.60. The Bertz CT molecular complexity index is 271. The standard InChI is InChI=1S/C12H16Br2S/c1-15-8-2-3-11(9-13)10-4-6-12(14)7-5-10/h4-7,11H,2-3,8-9H2,1H3. The largest absolute Gasteiger partial charge is 0.165 e. The lowest BCUT2D eigenvalue weighted by Gasteiger charge is -2.14. The number of halogens is 2. The summed E-state index contributed by atoms with van der Waals surface area (Å²) >= 11 is 9.00. The molecule has 0 fully saturated rings. The summed E-state index contributed by atoms with van der Waals surface area (Å²) in [5.41, 5.74) is 1.44. The molecule has 0 aliphatic heterocycles. The van der Waals surface area contributed by atoms with Crippen LogP contribution in [0.25, 0.3) is 0 Å². The van der Waals surface area contributed by atoms with Crippen molar-refractivity contribution in [3.05, 3.63) is 34.3 Å². The van der Waals surface area contributed by atoms with E-state index in [1.165, 1.54) is 24.2 Å². The van der Waals surface area contributed by atoms with Crippen LogP contribution in [0.1, 0.15) is 24.3 Å². The van der Waals surface area contributed by atoms with E-state index in [9.17, 15) is 0 Å². The Balaban J connectivity index is 2.53. The Hall–Kier alpha value is 0.530. The predicted molar refractivity (Wildman–Crippen MR) is 78.3 cm³/mol. The van der Waals surface area contributed by atoms with Gasteiger partial charge in [-0.05, 0) is 48.5 Å². The highest BCUT2D eigenvalue weighted by atomic mass is 79.9. The summed E-state index contributed by atoms with van der Waals surface area (Å²) in [6.07, 6.45) is 4.74. The highest BCUT2D eigenvalue weighted by Gasteiger charge is 2.09. The molecule has 0 radical (unpaired) electrons. The van der Waals surface area contributed by atoms with Crippen molar-refractivity contribution < 1.29 is 0 Å². The molecule has 0 aliphatic carbocycles. The average Bonchev–Trinajstić information content (AvgIpc) is 2.26. The average molecular weight is 352 g/mol. The van der Waals surface area contributed by atoms with Gasteiger partial charge >= 0.3 is 0 Å². The van der Waals surface area contributed by atoms with Crippen LogP contribution in [0.4, 0.5) is 0 Å². The number of thioether (sulfide) groups is 1. The molecule has 0 saturated carbocycles. The zero-order chi connectivity index (χ0) is 11.1. The van der Waals surface area contributed by atoms with Gasteiger partial charge in [0.05, 0.1) is 0 Å². The van der Waals surface area contributed by atoms with E-state index in [2.05, 4.69) is 62.4 Å². The summed E-state index contributed by atoms with van der Waals surface area (Å²) in [7, 11) is 0. The van der Waals surface area contributed by atoms with Crippen LogP contribution in [0.15, 0.2) is 28.7 Å². The zero-order valence-electron chi connectivity index (χ0n) is 8.88. The van der Waals surface area contributed by atoms with E-state index in [0.717, 1.165) is 9.80 Å². The van der Waals surface area contributed by atoms with Crippen molar-refractivity contribution >= 4 is 43.6 Å². The molecule has 0 aliphatic rings. The molecule has 0 aromatic heterocycles. The first-order chi connectivity index (χ1) is 7.27. The van der Waals surface area contributed by atoms with Gasteiger partial charge in [0.25, 0.3) is 0 Å². The van der Waals surface area contributed by atoms with Crippen molar-refractivity contribution in [2.24, 2.45) is 0 Å². The lowest BCUT2D eigenvalue weighted by atomic mass is 9.97. The molecular weight excluding hydrogens is 336 g/mol. The van der Waals surface area contributed by atoms with Crippen LogP contribution < -0.4 is 0 Å². The Morgan fingerprint density at radius 1 is 1.27 bits per heavy atom. The minimum Gasteiger partial charge on any atom is -0.165 e. The van der Waals surface area contributed by atoms with Crippen LogP contribution in [0, 0.1) is 0 Å². The van der Waals surface area contributed by atoms with E-state index in [0.29, 0.717) is 5.92 Å². The molecule has 0 spiro atoms. The molecule has 1 aromatic rings. The van der Waals surface area contributed by atoms with Gasteiger partial charge in [0.1, 0.15) is 0 Å². The van der Waals surface area contributed by atoms with Crippen molar-refractivity contribution in [1.82, 2.24) is 0 Å². The predicted octanol–water partition coefficient (Wildman–Crippen LogP) is 5.07. The van der Waals surface area contributed by atoms with Gasteiger partial charge in [-0.3, -0.25) is 0 Å². The molecule has 0 heterocycles. The van der Waals surface area contributed by atoms with Gasteiger partial charge in [0, 0.05) is 9.80 Å². The molecule has 0 saturated heterocycles. The number of hydrogen-bond acceptors (Lipinski definition) is 1. The maximum absolute atomic E-state index is 3.60. The SMILES string of the molecule is CSCCCC(CBr)c1ccc(Br)cc1. The Kier molecular flexibility index (Phi) is 7.02. The highest BCUT2D eigenvalue weighted by Crippen LogP contribution is 2.25. The summed E-state index contributed by atoms with van der Waals surface area (Å²) in [6.45, 7) is 0. The Morgan fingerprint density at radius 2 is 1.93 bits per heavy atom. The topological polar surface area (TPSA) is 0 Å². The molecular formula is C12H16Br2S. The molecule has 15 heavy (non-hydrogen) atoms. The van der Waals surface area contributed by atoms with E-state index in [1.807, 2.05) is 11.8 Å². The second kappa shape index (κ2) is 7.75. The van der Waals surface area contributed by atoms with Gasteiger partial charge in [-0.2, -0.15) is 11.8 Å². The van der Waals surface area contributed by atoms with Crippen LogP contribution in [0.3, 0.4) is 0 Å². The molecule has 1 rings (SSSR count). The zero-order valence-corrected chi connectivity index (χ0v) is 12.9. The Morgan fingerprint density at radius 3 is 2.47 bits per heavy atom. The monoisotopic (exact) mass is 350 g/mol. The molecule has 1 atom stereocenters. The molecule has 0 bridgehead atoms. The first-order valence-electron chi connectivity index (χ1n) is 5.08. The van der Waals surface area contributed by atoms with Gasteiger partial charge in [-0.15, -0.1) is 0 Å². The number of alkyl halides is 1. The van der Waals surface area contributed by atoms with Gasteiger partial charge in [-0.25, -0.2) is 0 Å². The van der Waals surface area contributed by atoms with Crippen molar-refractivity contribution in [1.29, 1.82) is 0 Å². The number of rotatable bonds is 6. The summed E-state index contributed by atoms with van der Waals surface area (Å²) in [4.78, 5) is 0. The summed E-state index contributed by atoms with van der Waals surface area (Å²) < 4.78 is 1.16. The van der Waals surface area contributed by atoms with Gasteiger partial charge in [0.15, 0.2) is 0 Å². The molecule has 1 aromatic carbocycles. The van der Waals surface area contributed by atoms with Crippen molar-refractivity contribution in [3.63, 3.8) is 0 Å². The molecule has 3 heteroatoms. The van der Waals surface area contributed by atoms with Gasteiger partial charge in [0.2, 0.25) is 0 Å². The van der Waals surface area contributed by atoms with Crippen molar-refractivity contribution in [2.45, 2.75) is 18.8 Å². The van der Waals surface area contributed by atoms with Crippen molar-refractivity contribution in [3.8, 4) is 0 Å². The normalized spacial score (nSPS) is 12.7. The van der Waals surface area contributed by atoms with Crippen LogP contribution in [-0.2, 0) is 0 Å². The minimum absolute atomic E-state index is 0.658. The molecule has 0 amide bonds. The minimum atomic E-state index is 0.658. The Labute approximate surface area is 113 Å². The molecule has 0 N–H and O–H groups in total. The van der Waals surface area contributed by atoms with Crippen LogP contribution >= 0.6 is 43.6 Å². The third-order valence-corrected chi connectivity index (χ3v) is 4.44. The fraction of sp³-hybridized carbons (Fsp3) is 0.500. The molecule has 0 nitrogen and oxygen atoms in total. The summed E-state index contributed by atoms with van der Waals surface area (Å²) in [6, 6.07) is 8.68. The van der Waals surface area contributed by atoms with E-state index < -0.39 is 0 Å². The second-order valence-corrected chi connectivity index (χ2v) is 6.09. The van der Waals surface area contributed by atoms with Crippen molar-refractivity contribution in [2.75, 3.05) is 17.3 Å². The number of benzene rings is 1. The fourth-order valence-corrected chi connectivity index (χ4v) is 2.96. The van der Waals surface area contributed by atoms with E-state index in [1.54, 1.807) is 0 Å². The van der Waals surface area contributed by atoms with Crippen LogP contribution in [-0.4, -0.2) is 17.3 Å². The summed E-state index contributed by atoms with van der Waals surface area (Å²) in [5, 5.41) is 1.06.